The number of nitrogens with one attached hydrogen (secondary N) is 1. The van der Waals surface area contributed by atoms with Crippen LogP contribution in [0.15, 0.2) is 18.2 Å². The van der Waals surface area contributed by atoms with Crippen LogP contribution in [0.3, 0.4) is 0 Å². The van der Waals surface area contributed by atoms with Crippen molar-refractivity contribution in [2.24, 2.45) is 5.73 Å². The third-order valence-corrected chi connectivity index (χ3v) is 4.63. The van der Waals surface area contributed by atoms with Crippen LogP contribution in [-0.4, -0.2) is 30.8 Å². The second-order valence-electron chi connectivity index (χ2n) is 4.27. The van der Waals surface area contributed by atoms with E-state index in [0.29, 0.717) is 13.1 Å². The molecule has 1 fully saturated rings. The van der Waals surface area contributed by atoms with Gasteiger partial charge in [-0.3, -0.25) is 4.72 Å². The van der Waals surface area contributed by atoms with E-state index in [1.165, 1.54) is 10.4 Å². The standard InChI is InChI=1S/C11H14FN3O2S2/c12-8-3-4-10(9(7-8)11(13)18)14-19(16,17)15-5-1-2-6-15/h3-4,7,14H,1-2,5-6H2,(H2,13,18). The lowest BCUT2D eigenvalue weighted by molar-refractivity contribution is 0.482. The highest BCUT2D eigenvalue weighted by molar-refractivity contribution is 7.90. The molecule has 8 heteroatoms. The normalized spacial score (nSPS) is 16.5. The van der Waals surface area contributed by atoms with Crippen molar-refractivity contribution < 1.29 is 12.8 Å². The molecule has 0 radical (unpaired) electrons. The highest BCUT2D eigenvalue weighted by Crippen LogP contribution is 2.21. The van der Waals surface area contributed by atoms with Gasteiger partial charge in [-0.15, -0.1) is 0 Å². The molecule has 1 aliphatic rings. The van der Waals surface area contributed by atoms with E-state index in [-0.39, 0.29) is 16.2 Å². The van der Waals surface area contributed by atoms with Gasteiger partial charge in [0, 0.05) is 18.7 Å². The van der Waals surface area contributed by atoms with Gasteiger partial charge in [-0.05, 0) is 31.0 Å². The molecule has 1 saturated heterocycles. The maximum atomic E-state index is 13.1. The fraction of sp³-hybridized carbons (Fsp3) is 0.364. The lowest BCUT2D eigenvalue weighted by Gasteiger charge is -2.18. The fourth-order valence-corrected chi connectivity index (χ4v) is 3.43. The van der Waals surface area contributed by atoms with Crippen molar-refractivity contribution >= 4 is 33.1 Å². The zero-order valence-electron chi connectivity index (χ0n) is 10.1. The number of nitrogens with zero attached hydrogens (tertiary/aromatic N) is 1. The first-order valence-electron chi connectivity index (χ1n) is 5.77. The van der Waals surface area contributed by atoms with Gasteiger partial charge in [0.25, 0.3) is 0 Å². The first-order chi connectivity index (χ1) is 8.90. The Hall–Kier alpha value is -1.25. The maximum absolute atomic E-state index is 13.1. The van der Waals surface area contributed by atoms with Crippen molar-refractivity contribution in [1.29, 1.82) is 0 Å². The summed E-state index contributed by atoms with van der Waals surface area (Å²) in [5.74, 6) is -0.521. The number of halogens is 1. The van der Waals surface area contributed by atoms with Gasteiger partial charge in [0.15, 0.2) is 0 Å². The van der Waals surface area contributed by atoms with E-state index in [2.05, 4.69) is 4.72 Å². The average Bonchev–Trinajstić information content (AvgIpc) is 2.85. The lowest BCUT2D eigenvalue weighted by atomic mass is 10.2. The van der Waals surface area contributed by atoms with Gasteiger partial charge < -0.3 is 5.73 Å². The maximum Gasteiger partial charge on any atom is 0.301 e. The molecule has 0 unspecified atom stereocenters. The summed E-state index contributed by atoms with van der Waals surface area (Å²) in [6, 6.07) is 3.59. The molecule has 1 heterocycles. The van der Waals surface area contributed by atoms with Crippen LogP contribution in [0.1, 0.15) is 18.4 Å². The van der Waals surface area contributed by atoms with Gasteiger partial charge in [-0.25, -0.2) is 4.39 Å². The van der Waals surface area contributed by atoms with Crippen LogP contribution in [-0.2, 0) is 10.2 Å². The largest absolute Gasteiger partial charge is 0.389 e. The molecular weight excluding hydrogens is 289 g/mol. The van der Waals surface area contributed by atoms with Crippen LogP contribution in [0, 0.1) is 5.82 Å². The van der Waals surface area contributed by atoms with Gasteiger partial charge in [-0.1, -0.05) is 12.2 Å². The van der Waals surface area contributed by atoms with Crippen LogP contribution >= 0.6 is 12.2 Å². The summed E-state index contributed by atoms with van der Waals surface area (Å²) in [6.45, 7) is 0.970. The van der Waals surface area contributed by atoms with Crippen molar-refractivity contribution in [2.45, 2.75) is 12.8 Å². The van der Waals surface area contributed by atoms with Gasteiger partial charge >= 0.3 is 10.2 Å². The summed E-state index contributed by atoms with van der Waals surface area (Å²) in [7, 11) is -3.64. The molecule has 1 aromatic carbocycles. The topological polar surface area (TPSA) is 75.4 Å². The molecule has 0 saturated carbocycles. The third-order valence-electron chi connectivity index (χ3n) is 2.89. The monoisotopic (exact) mass is 303 g/mol. The molecule has 3 N–H and O–H groups in total. The summed E-state index contributed by atoms with van der Waals surface area (Å²) in [6.07, 6.45) is 1.68. The zero-order chi connectivity index (χ0) is 14.0. The number of hydrogen-bond donors (Lipinski definition) is 2. The van der Waals surface area contributed by atoms with E-state index >= 15 is 0 Å². The molecule has 0 aromatic heterocycles. The molecule has 0 spiro atoms. The van der Waals surface area contributed by atoms with Crippen LogP contribution in [0.5, 0.6) is 0 Å². The van der Waals surface area contributed by atoms with Crippen molar-refractivity contribution in [1.82, 2.24) is 4.31 Å². The number of hydrogen-bond acceptors (Lipinski definition) is 3. The number of rotatable bonds is 4. The van der Waals surface area contributed by atoms with Crippen LogP contribution < -0.4 is 10.5 Å². The minimum Gasteiger partial charge on any atom is -0.389 e. The smallest absolute Gasteiger partial charge is 0.301 e. The SMILES string of the molecule is NC(=S)c1cc(F)ccc1NS(=O)(=O)N1CCCC1. The molecule has 0 amide bonds. The summed E-state index contributed by atoms with van der Waals surface area (Å²) >= 11 is 4.80. The predicted octanol–water partition coefficient (Wildman–Crippen LogP) is 1.21. The first kappa shape index (κ1) is 14.2. The Bertz CT molecular complexity index is 598. The van der Waals surface area contributed by atoms with Crippen molar-refractivity contribution in [3.63, 3.8) is 0 Å². The predicted molar refractivity (Wildman–Crippen MR) is 75.6 cm³/mol. The van der Waals surface area contributed by atoms with Crippen LogP contribution in [0.4, 0.5) is 10.1 Å². The van der Waals surface area contributed by atoms with E-state index in [1.807, 2.05) is 0 Å². The van der Waals surface area contributed by atoms with Gasteiger partial charge in [0.1, 0.15) is 10.8 Å². The van der Waals surface area contributed by atoms with Gasteiger partial charge in [0.05, 0.1) is 5.69 Å². The Morgan fingerprint density at radius 3 is 2.58 bits per heavy atom. The third kappa shape index (κ3) is 3.20. The minimum absolute atomic E-state index is 0.0568. The van der Waals surface area contributed by atoms with E-state index in [1.54, 1.807) is 0 Å². The molecule has 0 bridgehead atoms. The zero-order valence-corrected chi connectivity index (χ0v) is 11.7. The molecule has 1 aliphatic heterocycles. The Kier molecular flexibility index (Phi) is 4.02. The lowest BCUT2D eigenvalue weighted by Crippen LogP contribution is -2.34. The fourth-order valence-electron chi connectivity index (χ4n) is 1.94. The molecule has 2 rings (SSSR count). The Balaban J connectivity index is 2.30. The summed E-state index contributed by atoms with van der Waals surface area (Å²) in [5.41, 5.74) is 5.85. The van der Waals surface area contributed by atoms with Crippen molar-refractivity contribution in [3.05, 3.63) is 29.6 Å². The van der Waals surface area contributed by atoms with Gasteiger partial charge in [-0.2, -0.15) is 12.7 Å². The van der Waals surface area contributed by atoms with Crippen molar-refractivity contribution in [2.75, 3.05) is 17.8 Å². The highest BCUT2D eigenvalue weighted by atomic mass is 32.2. The molecule has 1 aromatic rings. The summed E-state index contributed by atoms with van der Waals surface area (Å²) < 4.78 is 41.1. The Labute approximate surface area is 116 Å². The van der Waals surface area contributed by atoms with Crippen molar-refractivity contribution in [3.8, 4) is 0 Å². The molecule has 5 nitrogen and oxygen atoms in total. The minimum atomic E-state index is -3.64. The summed E-state index contributed by atoms with van der Waals surface area (Å²) in [4.78, 5) is -0.0568. The second-order valence-corrected chi connectivity index (χ2v) is 6.38. The number of benzene rings is 1. The molecular formula is C11H14FN3O2S2. The number of nitrogens with two attached hydrogens (primary N) is 1. The van der Waals surface area contributed by atoms with E-state index in [9.17, 15) is 12.8 Å². The highest BCUT2D eigenvalue weighted by Gasteiger charge is 2.26. The molecule has 0 aliphatic carbocycles. The van der Waals surface area contributed by atoms with Gasteiger partial charge in [0.2, 0.25) is 0 Å². The number of anilines is 1. The van der Waals surface area contributed by atoms with E-state index in [0.717, 1.165) is 25.0 Å². The summed E-state index contributed by atoms with van der Waals surface area (Å²) in [5, 5.41) is 0. The van der Waals surface area contributed by atoms with E-state index in [4.69, 9.17) is 18.0 Å². The Morgan fingerprint density at radius 1 is 1.37 bits per heavy atom. The Morgan fingerprint density at radius 2 is 2.00 bits per heavy atom. The quantitative estimate of drug-likeness (QED) is 0.820. The van der Waals surface area contributed by atoms with Crippen LogP contribution in [0.25, 0.3) is 0 Å². The van der Waals surface area contributed by atoms with Crippen LogP contribution in [0.2, 0.25) is 0 Å². The average molecular weight is 303 g/mol. The van der Waals surface area contributed by atoms with E-state index < -0.39 is 16.0 Å². The molecule has 19 heavy (non-hydrogen) atoms. The molecule has 0 atom stereocenters. The number of thiocarbonyl (C=S) groups is 1. The second kappa shape index (κ2) is 5.40. The molecule has 104 valence electrons. The first-order valence-corrected chi connectivity index (χ1v) is 7.62.